The minimum absolute atomic E-state index is 0.103. The lowest BCUT2D eigenvalue weighted by Crippen LogP contribution is -2.15. The first-order valence-corrected chi connectivity index (χ1v) is 5.74. The summed E-state index contributed by atoms with van der Waals surface area (Å²) in [6.07, 6.45) is 5.78. The summed E-state index contributed by atoms with van der Waals surface area (Å²) in [5, 5.41) is 15.6. The Morgan fingerprint density at radius 1 is 1.58 bits per heavy atom. The minimum atomic E-state index is -0.103. The summed E-state index contributed by atoms with van der Waals surface area (Å²) >= 11 is 0. The molecule has 19 heavy (non-hydrogen) atoms. The molecule has 0 bridgehead atoms. The van der Waals surface area contributed by atoms with E-state index in [-0.39, 0.29) is 17.5 Å². The maximum Gasteiger partial charge on any atom is 0.322 e. The Labute approximate surface area is 109 Å². The van der Waals surface area contributed by atoms with Crippen LogP contribution in [0.4, 0.5) is 0 Å². The number of hydrogen-bond acceptors (Lipinski definition) is 6. The first-order valence-electron chi connectivity index (χ1n) is 5.74. The number of amidine groups is 1. The Hall–Kier alpha value is -2.64. The molecule has 0 aliphatic carbocycles. The molecule has 3 N–H and O–H groups in total. The molecule has 0 radical (unpaired) electrons. The number of rotatable bonds is 5. The topological polar surface area (TPSA) is 111 Å². The van der Waals surface area contributed by atoms with Crippen molar-refractivity contribution in [2.45, 2.75) is 19.9 Å². The van der Waals surface area contributed by atoms with Gasteiger partial charge in [-0.1, -0.05) is 12.1 Å². The zero-order chi connectivity index (χ0) is 13.7. The second kappa shape index (κ2) is 5.80. The molecule has 0 saturated heterocycles. The molecule has 0 saturated carbocycles. The fraction of sp³-hybridized carbons (Fsp3) is 0.273. The van der Waals surface area contributed by atoms with Gasteiger partial charge in [0.15, 0.2) is 11.6 Å². The molecule has 0 aliphatic rings. The Morgan fingerprint density at radius 2 is 2.42 bits per heavy atom. The van der Waals surface area contributed by atoms with E-state index in [0.29, 0.717) is 5.75 Å². The maximum absolute atomic E-state index is 8.58. The summed E-state index contributed by atoms with van der Waals surface area (Å²) < 4.78 is 7.21. The van der Waals surface area contributed by atoms with Crippen LogP contribution >= 0.6 is 0 Å². The Kier molecular flexibility index (Phi) is 3.91. The molecule has 2 rings (SSSR count). The number of nitrogens with two attached hydrogens (primary N) is 1. The fourth-order valence-corrected chi connectivity index (χ4v) is 1.44. The summed E-state index contributed by atoms with van der Waals surface area (Å²) in [5.41, 5.74) is 5.72. The van der Waals surface area contributed by atoms with Crippen molar-refractivity contribution >= 4 is 5.84 Å². The van der Waals surface area contributed by atoms with Gasteiger partial charge >= 0.3 is 6.01 Å². The normalized spacial score (nSPS) is 11.5. The molecule has 0 aliphatic heterocycles. The minimum Gasteiger partial charge on any atom is -0.421 e. The van der Waals surface area contributed by atoms with E-state index in [0.717, 1.165) is 13.0 Å². The number of hydrogen-bond donors (Lipinski definition) is 2. The summed E-state index contributed by atoms with van der Waals surface area (Å²) in [6, 6.07) is 1.63. The first kappa shape index (κ1) is 12.8. The molecule has 0 aromatic carbocycles. The van der Waals surface area contributed by atoms with Crippen LogP contribution in [0.25, 0.3) is 0 Å². The highest BCUT2D eigenvalue weighted by atomic mass is 16.5. The third kappa shape index (κ3) is 3.18. The molecule has 0 spiro atoms. The zero-order valence-corrected chi connectivity index (χ0v) is 10.4. The molecular weight excluding hydrogens is 248 g/mol. The number of aryl methyl sites for hydroxylation is 1. The predicted molar refractivity (Wildman–Crippen MR) is 67.1 cm³/mol. The van der Waals surface area contributed by atoms with Gasteiger partial charge in [-0.25, -0.2) is 4.98 Å². The average Bonchev–Trinajstić information content (AvgIpc) is 2.86. The van der Waals surface area contributed by atoms with Crippen LogP contribution < -0.4 is 10.5 Å². The summed E-state index contributed by atoms with van der Waals surface area (Å²) in [4.78, 5) is 7.95. The van der Waals surface area contributed by atoms with Gasteiger partial charge < -0.3 is 15.7 Å². The summed E-state index contributed by atoms with van der Waals surface area (Å²) in [5.74, 6) is 0.430. The molecule has 2 heterocycles. The second-order valence-corrected chi connectivity index (χ2v) is 3.75. The molecule has 2 aromatic rings. The highest BCUT2D eigenvalue weighted by molar-refractivity contribution is 5.95. The van der Waals surface area contributed by atoms with E-state index in [4.69, 9.17) is 15.7 Å². The van der Waals surface area contributed by atoms with Crippen molar-refractivity contribution in [2.24, 2.45) is 10.9 Å². The Morgan fingerprint density at radius 3 is 3.16 bits per heavy atom. The zero-order valence-electron chi connectivity index (χ0n) is 10.4. The van der Waals surface area contributed by atoms with Gasteiger partial charge in [0.1, 0.15) is 5.69 Å². The molecule has 100 valence electrons. The van der Waals surface area contributed by atoms with E-state index >= 15 is 0 Å². The Balaban J connectivity index is 2.14. The molecule has 8 heteroatoms. The lowest BCUT2D eigenvalue weighted by atomic mass is 10.4. The molecule has 0 unspecified atom stereocenters. The standard InChI is InChI=1S/C11H14N6O2/c1-2-5-17-7-8(6-14-17)19-11-13-4-3-9(15-11)10(12)16-18/h3-4,6-7,18H,2,5H2,1H3,(H2,12,16). The number of oxime groups is 1. The lowest BCUT2D eigenvalue weighted by Gasteiger charge is -2.02. The van der Waals surface area contributed by atoms with Crippen molar-refractivity contribution in [3.8, 4) is 11.8 Å². The highest BCUT2D eigenvalue weighted by Gasteiger charge is 2.07. The van der Waals surface area contributed by atoms with E-state index in [2.05, 4.69) is 27.1 Å². The van der Waals surface area contributed by atoms with Crippen LogP contribution in [0.5, 0.6) is 11.8 Å². The van der Waals surface area contributed by atoms with Crippen LogP contribution in [-0.4, -0.2) is 30.8 Å². The van der Waals surface area contributed by atoms with Gasteiger partial charge in [-0.2, -0.15) is 10.1 Å². The van der Waals surface area contributed by atoms with E-state index in [9.17, 15) is 0 Å². The van der Waals surface area contributed by atoms with Gasteiger partial charge in [-0.15, -0.1) is 0 Å². The third-order valence-corrected chi connectivity index (χ3v) is 2.28. The van der Waals surface area contributed by atoms with Crippen molar-refractivity contribution in [1.82, 2.24) is 19.7 Å². The lowest BCUT2D eigenvalue weighted by molar-refractivity contribution is 0.318. The van der Waals surface area contributed by atoms with Gasteiger partial charge in [0.05, 0.1) is 12.4 Å². The van der Waals surface area contributed by atoms with Gasteiger partial charge in [0, 0.05) is 12.7 Å². The largest absolute Gasteiger partial charge is 0.421 e. The quantitative estimate of drug-likeness (QED) is 0.359. The predicted octanol–water partition coefficient (Wildman–Crippen LogP) is 0.970. The van der Waals surface area contributed by atoms with Crippen molar-refractivity contribution in [2.75, 3.05) is 0 Å². The third-order valence-electron chi connectivity index (χ3n) is 2.28. The second-order valence-electron chi connectivity index (χ2n) is 3.75. The number of nitrogens with zero attached hydrogens (tertiary/aromatic N) is 5. The van der Waals surface area contributed by atoms with E-state index in [1.807, 2.05) is 0 Å². The number of ether oxygens (including phenoxy) is 1. The van der Waals surface area contributed by atoms with Gasteiger partial charge in [0.2, 0.25) is 0 Å². The average molecular weight is 262 g/mol. The van der Waals surface area contributed by atoms with Crippen LogP contribution in [0, 0.1) is 0 Å². The highest BCUT2D eigenvalue weighted by Crippen LogP contribution is 2.16. The van der Waals surface area contributed by atoms with Crippen molar-refractivity contribution < 1.29 is 9.94 Å². The van der Waals surface area contributed by atoms with Crippen LogP contribution in [0.2, 0.25) is 0 Å². The van der Waals surface area contributed by atoms with E-state index in [1.165, 1.54) is 12.3 Å². The molecule has 8 nitrogen and oxygen atoms in total. The summed E-state index contributed by atoms with van der Waals surface area (Å²) in [6.45, 7) is 2.88. The molecule has 0 amide bonds. The maximum atomic E-state index is 8.58. The molecular formula is C11H14N6O2. The number of aromatic nitrogens is 4. The smallest absolute Gasteiger partial charge is 0.322 e. The van der Waals surface area contributed by atoms with Crippen LogP contribution in [0.15, 0.2) is 29.8 Å². The van der Waals surface area contributed by atoms with Crippen molar-refractivity contribution in [3.63, 3.8) is 0 Å². The fourth-order valence-electron chi connectivity index (χ4n) is 1.44. The molecule has 0 atom stereocenters. The van der Waals surface area contributed by atoms with Gasteiger partial charge in [0.25, 0.3) is 0 Å². The molecule has 0 fully saturated rings. The monoisotopic (exact) mass is 262 g/mol. The van der Waals surface area contributed by atoms with E-state index < -0.39 is 0 Å². The Bertz CT molecular complexity index is 580. The summed E-state index contributed by atoms with van der Waals surface area (Å²) in [7, 11) is 0. The van der Waals surface area contributed by atoms with E-state index in [1.54, 1.807) is 17.1 Å². The SMILES string of the molecule is CCCn1cc(Oc2nccc(/C(N)=N/O)n2)cn1. The van der Waals surface area contributed by atoms with Crippen LogP contribution in [-0.2, 0) is 6.54 Å². The van der Waals surface area contributed by atoms with Crippen molar-refractivity contribution in [1.29, 1.82) is 0 Å². The van der Waals surface area contributed by atoms with Crippen LogP contribution in [0.3, 0.4) is 0 Å². The van der Waals surface area contributed by atoms with Gasteiger partial charge in [-0.05, 0) is 12.5 Å². The van der Waals surface area contributed by atoms with Crippen molar-refractivity contribution in [3.05, 3.63) is 30.4 Å². The van der Waals surface area contributed by atoms with Gasteiger partial charge in [-0.3, -0.25) is 4.68 Å². The first-order chi connectivity index (χ1) is 9.22. The van der Waals surface area contributed by atoms with Crippen LogP contribution in [0.1, 0.15) is 19.0 Å². The molecule has 2 aromatic heterocycles.